The third-order valence-corrected chi connectivity index (χ3v) is 4.81. The smallest absolute Gasteiger partial charge is 0.269 e. The number of carbonyl (C=O) groups excluding carboxylic acids is 2. The van der Waals surface area contributed by atoms with Crippen LogP contribution in [0.15, 0.2) is 33.2 Å². The van der Waals surface area contributed by atoms with Crippen molar-refractivity contribution >= 4 is 55.3 Å². The van der Waals surface area contributed by atoms with E-state index < -0.39 is 0 Å². The van der Waals surface area contributed by atoms with Crippen LogP contribution < -0.4 is 0 Å². The van der Waals surface area contributed by atoms with Crippen LogP contribution in [0, 0.1) is 0 Å². The Hall–Kier alpha value is -0.650. The maximum absolute atomic E-state index is 11.8. The Morgan fingerprint density at radius 1 is 1.11 bits per heavy atom. The highest BCUT2D eigenvalue weighted by atomic mass is 79.9. The minimum absolute atomic E-state index is 0.276. The number of imide groups is 1. The lowest BCUT2D eigenvalue weighted by Crippen LogP contribution is -2.33. The fraction of sp³-hybridized carbons (Fsp3) is 0.167. The quantitative estimate of drug-likeness (QED) is 0.740. The van der Waals surface area contributed by atoms with E-state index >= 15 is 0 Å². The third kappa shape index (κ3) is 2.68. The highest BCUT2D eigenvalue weighted by Crippen LogP contribution is 2.29. The van der Waals surface area contributed by atoms with Crippen LogP contribution in [0.5, 0.6) is 0 Å². The molecule has 0 bridgehead atoms. The predicted octanol–water partition coefficient (Wildman–Crippen LogP) is 3.25. The van der Waals surface area contributed by atoms with Gasteiger partial charge in [-0.15, -0.1) is 0 Å². The number of nitrogens with zero attached hydrogens (tertiary/aromatic N) is 1. The zero-order valence-electron chi connectivity index (χ0n) is 9.12. The van der Waals surface area contributed by atoms with Gasteiger partial charge in [-0.3, -0.25) is 14.5 Å². The average Bonchev–Trinajstić information content (AvgIpc) is 2.52. The summed E-state index contributed by atoms with van der Waals surface area (Å²) in [4.78, 5) is 24.7. The van der Waals surface area contributed by atoms with E-state index in [-0.39, 0.29) is 20.8 Å². The molecule has 0 aromatic heterocycles. The van der Waals surface area contributed by atoms with Crippen LogP contribution in [-0.4, -0.2) is 23.3 Å². The molecule has 94 valence electrons. The van der Waals surface area contributed by atoms with Crippen molar-refractivity contribution in [3.63, 3.8) is 0 Å². The first-order valence-electron chi connectivity index (χ1n) is 5.16. The molecule has 0 unspecified atom stereocenters. The van der Waals surface area contributed by atoms with Crippen LogP contribution in [0.25, 0.3) is 0 Å². The predicted molar refractivity (Wildman–Crippen MR) is 76.8 cm³/mol. The molecule has 0 spiro atoms. The standard InChI is InChI=1S/C12H8Br2ClNO2/c13-9-10(14)12(18)16(11(9)17)5-4-7-2-1-3-8(15)6-7/h1-3,6H,4-5H2. The molecule has 0 fully saturated rings. The lowest BCUT2D eigenvalue weighted by atomic mass is 10.1. The second kappa shape index (κ2) is 5.55. The first kappa shape index (κ1) is 13.8. The van der Waals surface area contributed by atoms with Gasteiger partial charge in [-0.05, 0) is 56.0 Å². The molecule has 0 atom stereocenters. The largest absolute Gasteiger partial charge is 0.273 e. The van der Waals surface area contributed by atoms with E-state index in [0.717, 1.165) is 5.56 Å². The second-order valence-corrected chi connectivity index (χ2v) is 5.79. The second-order valence-electron chi connectivity index (χ2n) is 3.77. The molecule has 1 aromatic carbocycles. The van der Waals surface area contributed by atoms with Gasteiger partial charge in [-0.25, -0.2) is 0 Å². The first-order chi connectivity index (χ1) is 8.50. The summed E-state index contributed by atoms with van der Waals surface area (Å²) in [5.41, 5.74) is 0.988. The van der Waals surface area contributed by atoms with Gasteiger partial charge in [0.15, 0.2) is 0 Å². The SMILES string of the molecule is O=C1C(Br)=C(Br)C(=O)N1CCc1cccc(Cl)c1. The number of carbonyl (C=O) groups is 2. The van der Waals surface area contributed by atoms with Crippen molar-refractivity contribution < 1.29 is 9.59 Å². The van der Waals surface area contributed by atoms with E-state index in [1.54, 1.807) is 6.07 Å². The summed E-state index contributed by atoms with van der Waals surface area (Å²) < 4.78 is 0.553. The molecule has 3 nitrogen and oxygen atoms in total. The summed E-state index contributed by atoms with van der Waals surface area (Å²) in [6, 6.07) is 7.36. The monoisotopic (exact) mass is 391 g/mol. The Balaban J connectivity index is 2.05. The fourth-order valence-corrected chi connectivity index (χ4v) is 2.63. The van der Waals surface area contributed by atoms with Gasteiger partial charge in [0.25, 0.3) is 11.8 Å². The highest BCUT2D eigenvalue weighted by Gasteiger charge is 2.35. The maximum atomic E-state index is 11.8. The molecule has 18 heavy (non-hydrogen) atoms. The van der Waals surface area contributed by atoms with Gasteiger partial charge in [0.2, 0.25) is 0 Å². The molecule has 0 aliphatic carbocycles. The minimum Gasteiger partial charge on any atom is -0.273 e. The van der Waals surface area contributed by atoms with Crippen LogP contribution in [0.2, 0.25) is 5.02 Å². The van der Waals surface area contributed by atoms with Crippen molar-refractivity contribution in [1.29, 1.82) is 0 Å². The van der Waals surface area contributed by atoms with Gasteiger partial charge in [0.1, 0.15) is 8.96 Å². The van der Waals surface area contributed by atoms with Crippen LogP contribution in [0.3, 0.4) is 0 Å². The van der Waals surface area contributed by atoms with Crippen LogP contribution in [0.1, 0.15) is 5.56 Å². The fourth-order valence-electron chi connectivity index (χ4n) is 1.65. The van der Waals surface area contributed by atoms with Gasteiger partial charge >= 0.3 is 0 Å². The number of hydrogen-bond donors (Lipinski definition) is 0. The van der Waals surface area contributed by atoms with Gasteiger partial charge < -0.3 is 0 Å². The van der Waals surface area contributed by atoms with Crippen molar-refractivity contribution in [2.45, 2.75) is 6.42 Å². The average molecular weight is 393 g/mol. The lowest BCUT2D eigenvalue weighted by molar-refractivity contribution is -0.136. The van der Waals surface area contributed by atoms with Crippen LogP contribution >= 0.6 is 43.5 Å². The van der Waals surface area contributed by atoms with E-state index in [9.17, 15) is 9.59 Å². The summed E-state index contributed by atoms with van der Waals surface area (Å²) in [7, 11) is 0. The molecular weight excluding hydrogens is 385 g/mol. The normalized spacial score (nSPS) is 15.8. The molecule has 0 saturated carbocycles. The van der Waals surface area contributed by atoms with E-state index in [1.165, 1.54) is 4.90 Å². The Kier molecular flexibility index (Phi) is 4.25. The molecule has 1 heterocycles. The molecule has 0 radical (unpaired) electrons. The van der Waals surface area contributed by atoms with Gasteiger partial charge in [-0.1, -0.05) is 23.7 Å². The number of halogens is 3. The molecule has 2 rings (SSSR count). The van der Waals surface area contributed by atoms with Crippen molar-refractivity contribution in [3.05, 3.63) is 43.8 Å². The van der Waals surface area contributed by atoms with E-state index in [2.05, 4.69) is 31.9 Å². The van der Waals surface area contributed by atoms with Crippen molar-refractivity contribution in [3.8, 4) is 0 Å². The van der Waals surface area contributed by atoms with Crippen molar-refractivity contribution in [2.75, 3.05) is 6.54 Å². The zero-order valence-corrected chi connectivity index (χ0v) is 13.0. The molecule has 6 heteroatoms. The van der Waals surface area contributed by atoms with Gasteiger partial charge in [0.05, 0.1) is 0 Å². The Labute approximate surface area is 126 Å². The summed E-state index contributed by atoms with van der Waals surface area (Å²) >= 11 is 12.0. The highest BCUT2D eigenvalue weighted by molar-refractivity contribution is 9.14. The lowest BCUT2D eigenvalue weighted by Gasteiger charge is -2.14. The van der Waals surface area contributed by atoms with E-state index in [4.69, 9.17) is 11.6 Å². The Morgan fingerprint density at radius 3 is 2.28 bits per heavy atom. The topological polar surface area (TPSA) is 37.4 Å². The van der Waals surface area contributed by atoms with E-state index in [0.29, 0.717) is 18.0 Å². The Morgan fingerprint density at radius 2 is 1.72 bits per heavy atom. The molecular formula is C12H8Br2ClNO2. The number of benzene rings is 1. The van der Waals surface area contributed by atoms with E-state index in [1.807, 2.05) is 18.2 Å². The molecule has 1 aromatic rings. The number of amides is 2. The zero-order chi connectivity index (χ0) is 13.3. The molecule has 1 aliphatic heterocycles. The van der Waals surface area contributed by atoms with Crippen LogP contribution in [0.4, 0.5) is 0 Å². The summed E-state index contributed by atoms with van der Waals surface area (Å²) in [6.07, 6.45) is 0.582. The van der Waals surface area contributed by atoms with Crippen molar-refractivity contribution in [1.82, 2.24) is 4.90 Å². The van der Waals surface area contributed by atoms with Crippen LogP contribution in [-0.2, 0) is 16.0 Å². The third-order valence-electron chi connectivity index (χ3n) is 2.57. The summed E-state index contributed by atoms with van der Waals surface area (Å²) in [5.74, 6) is -0.622. The summed E-state index contributed by atoms with van der Waals surface area (Å²) in [5, 5.41) is 0.645. The summed E-state index contributed by atoms with van der Waals surface area (Å²) in [6.45, 7) is 0.336. The minimum atomic E-state index is -0.311. The molecule has 1 aliphatic rings. The van der Waals surface area contributed by atoms with Gasteiger partial charge in [-0.2, -0.15) is 0 Å². The first-order valence-corrected chi connectivity index (χ1v) is 7.13. The van der Waals surface area contributed by atoms with Gasteiger partial charge in [0, 0.05) is 11.6 Å². The molecule has 0 N–H and O–H groups in total. The molecule has 0 saturated heterocycles. The molecule has 2 amide bonds. The van der Waals surface area contributed by atoms with Crippen molar-refractivity contribution in [2.24, 2.45) is 0 Å². The Bertz CT molecular complexity index is 533. The number of rotatable bonds is 3. The maximum Gasteiger partial charge on any atom is 0.269 e. The number of hydrogen-bond acceptors (Lipinski definition) is 2.